The molecule has 0 aliphatic carbocycles. The van der Waals surface area contributed by atoms with E-state index >= 15 is 0 Å². The quantitative estimate of drug-likeness (QED) is 0.349. The largest absolute Gasteiger partial charge is 0.409 e. The smallest absolute Gasteiger partial charge is 0.236 e. The molecule has 6 nitrogen and oxygen atoms in total. The monoisotopic (exact) mass is 297 g/mol. The molecule has 2 aliphatic rings. The van der Waals surface area contributed by atoms with E-state index < -0.39 is 5.41 Å². The number of rotatable bonds is 2. The van der Waals surface area contributed by atoms with Crippen LogP contribution in [0.5, 0.6) is 0 Å². The van der Waals surface area contributed by atoms with Crippen LogP contribution < -0.4 is 5.73 Å². The highest BCUT2D eigenvalue weighted by atomic mass is 16.5. The zero-order valence-corrected chi connectivity index (χ0v) is 13.3. The predicted octanol–water partition coefficient (Wildman–Crippen LogP) is 1.42. The van der Waals surface area contributed by atoms with Gasteiger partial charge in [0.25, 0.3) is 0 Å². The minimum absolute atomic E-state index is 0.00662. The van der Waals surface area contributed by atoms with Gasteiger partial charge in [0, 0.05) is 26.3 Å². The van der Waals surface area contributed by atoms with Crippen LogP contribution in [0.4, 0.5) is 0 Å². The summed E-state index contributed by atoms with van der Waals surface area (Å²) in [5.41, 5.74) is 5.17. The summed E-state index contributed by atoms with van der Waals surface area (Å²) in [5, 5.41) is 12.2. The molecule has 0 spiro atoms. The van der Waals surface area contributed by atoms with Crippen LogP contribution >= 0.6 is 0 Å². The van der Waals surface area contributed by atoms with Crippen molar-refractivity contribution in [2.24, 2.45) is 27.6 Å². The maximum atomic E-state index is 13.0. The van der Waals surface area contributed by atoms with Gasteiger partial charge in [0.2, 0.25) is 5.91 Å². The molecular weight excluding hydrogens is 270 g/mol. The Labute approximate surface area is 126 Å². The standard InChI is InChI=1S/C15H27N3O3/c1-14(2,3)11-4-7-18(10-11)13(19)15(12(16)17-20)5-8-21-9-6-15/h11,20H,4-10H2,1-3H3,(H2,16,17). The van der Waals surface area contributed by atoms with E-state index in [4.69, 9.17) is 15.7 Å². The molecule has 1 unspecified atom stereocenters. The Balaban J connectivity index is 2.17. The maximum absolute atomic E-state index is 13.0. The number of nitrogens with two attached hydrogens (primary N) is 1. The van der Waals surface area contributed by atoms with E-state index in [9.17, 15) is 4.79 Å². The highest BCUT2D eigenvalue weighted by Gasteiger charge is 2.48. The van der Waals surface area contributed by atoms with Gasteiger partial charge in [-0.15, -0.1) is 0 Å². The number of carbonyl (C=O) groups is 1. The van der Waals surface area contributed by atoms with Crippen molar-refractivity contribution >= 4 is 11.7 Å². The van der Waals surface area contributed by atoms with Crippen molar-refractivity contribution < 1.29 is 14.7 Å². The summed E-state index contributed by atoms with van der Waals surface area (Å²) in [5.74, 6) is 0.508. The van der Waals surface area contributed by atoms with E-state index in [1.165, 1.54) is 0 Å². The molecule has 0 radical (unpaired) electrons. The van der Waals surface area contributed by atoms with E-state index in [2.05, 4.69) is 25.9 Å². The first-order chi connectivity index (χ1) is 9.81. The zero-order chi connectivity index (χ0) is 15.7. The lowest BCUT2D eigenvalue weighted by atomic mass is 9.77. The number of hydrogen-bond acceptors (Lipinski definition) is 4. The molecule has 0 saturated carbocycles. The Morgan fingerprint density at radius 1 is 1.38 bits per heavy atom. The van der Waals surface area contributed by atoms with Crippen LogP contribution in [0.15, 0.2) is 5.16 Å². The molecule has 0 aromatic rings. The van der Waals surface area contributed by atoms with Gasteiger partial charge < -0.3 is 20.6 Å². The zero-order valence-electron chi connectivity index (χ0n) is 13.3. The Kier molecular flexibility index (Phi) is 4.46. The first-order valence-corrected chi connectivity index (χ1v) is 7.66. The molecule has 1 atom stereocenters. The number of ether oxygens (including phenoxy) is 1. The normalized spacial score (nSPS) is 26.9. The Hall–Kier alpha value is -1.30. The van der Waals surface area contributed by atoms with Gasteiger partial charge in [0.05, 0.1) is 0 Å². The number of amides is 1. The summed E-state index contributed by atoms with van der Waals surface area (Å²) in [6.45, 7) is 9.07. The van der Waals surface area contributed by atoms with Crippen LogP contribution in [-0.4, -0.2) is 48.2 Å². The van der Waals surface area contributed by atoms with E-state index in [1.807, 2.05) is 4.90 Å². The van der Waals surface area contributed by atoms with Crippen molar-refractivity contribution in [3.05, 3.63) is 0 Å². The van der Waals surface area contributed by atoms with Gasteiger partial charge >= 0.3 is 0 Å². The van der Waals surface area contributed by atoms with Crippen molar-refractivity contribution in [2.45, 2.75) is 40.0 Å². The number of nitrogens with zero attached hydrogens (tertiary/aromatic N) is 2. The lowest BCUT2D eigenvalue weighted by Crippen LogP contribution is -2.53. The number of amidine groups is 1. The number of oxime groups is 1. The summed E-state index contributed by atoms with van der Waals surface area (Å²) >= 11 is 0. The molecule has 1 amide bonds. The fourth-order valence-corrected chi connectivity index (χ4v) is 3.35. The van der Waals surface area contributed by atoms with Gasteiger partial charge in [-0.05, 0) is 30.6 Å². The van der Waals surface area contributed by atoms with Gasteiger partial charge in [-0.25, -0.2) is 0 Å². The van der Waals surface area contributed by atoms with Crippen molar-refractivity contribution in [3.63, 3.8) is 0 Å². The molecular formula is C15H27N3O3. The molecule has 2 rings (SSSR count). The molecule has 0 bridgehead atoms. The minimum Gasteiger partial charge on any atom is -0.409 e. The van der Waals surface area contributed by atoms with Gasteiger partial charge in [-0.2, -0.15) is 0 Å². The minimum atomic E-state index is -0.889. The van der Waals surface area contributed by atoms with E-state index in [0.29, 0.717) is 32.0 Å². The van der Waals surface area contributed by atoms with Crippen LogP contribution in [0.25, 0.3) is 0 Å². The summed E-state index contributed by atoms with van der Waals surface area (Å²) in [6, 6.07) is 0. The molecule has 3 N–H and O–H groups in total. The van der Waals surface area contributed by atoms with Crippen molar-refractivity contribution in [3.8, 4) is 0 Å². The van der Waals surface area contributed by atoms with Crippen LogP contribution in [0, 0.1) is 16.7 Å². The Bertz CT molecular complexity index is 422. The molecule has 2 heterocycles. The van der Waals surface area contributed by atoms with Gasteiger partial charge in [-0.3, -0.25) is 4.79 Å². The fraction of sp³-hybridized carbons (Fsp3) is 0.867. The van der Waals surface area contributed by atoms with Crippen molar-refractivity contribution in [1.82, 2.24) is 4.90 Å². The molecule has 2 fully saturated rings. The van der Waals surface area contributed by atoms with Crippen LogP contribution in [0.1, 0.15) is 40.0 Å². The fourth-order valence-electron chi connectivity index (χ4n) is 3.35. The number of likely N-dealkylation sites (tertiary alicyclic amines) is 1. The Morgan fingerprint density at radius 3 is 2.48 bits per heavy atom. The highest BCUT2D eigenvalue weighted by Crippen LogP contribution is 2.38. The number of carbonyl (C=O) groups excluding carboxylic acids is 1. The molecule has 120 valence electrons. The van der Waals surface area contributed by atoms with Crippen molar-refractivity contribution in [1.29, 1.82) is 0 Å². The average molecular weight is 297 g/mol. The third-order valence-corrected chi connectivity index (χ3v) is 5.05. The molecule has 2 aliphatic heterocycles. The first-order valence-electron chi connectivity index (χ1n) is 7.66. The van der Waals surface area contributed by atoms with Crippen LogP contribution in [0.2, 0.25) is 0 Å². The lowest BCUT2D eigenvalue weighted by molar-refractivity contribution is -0.141. The summed E-state index contributed by atoms with van der Waals surface area (Å²) in [7, 11) is 0. The molecule has 21 heavy (non-hydrogen) atoms. The average Bonchev–Trinajstić information content (AvgIpc) is 2.96. The highest BCUT2D eigenvalue weighted by molar-refractivity contribution is 6.06. The van der Waals surface area contributed by atoms with Gasteiger partial charge in [0.15, 0.2) is 5.84 Å². The summed E-state index contributed by atoms with van der Waals surface area (Å²) in [6.07, 6.45) is 1.98. The first kappa shape index (κ1) is 16.1. The predicted molar refractivity (Wildman–Crippen MR) is 80.0 cm³/mol. The molecule has 0 aromatic carbocycles. The van der Waals surface area contributed by atoms with Gasteiger partial charge in [-0.1, -0.05) is 25.9 Å². The van der Waals surface area contributed by atoms with E-state index in [0.717, 1.165) is 19.5 Å². The van der Waals surface area contributed by atoms with E-state index in [-0.39, 0.29) is 17.2 Å². The lowest BCUT2D eigenvalue weighted by Gasteiger charge is -2.37. The molecule has 6 heteroatoms. The third-order valence-electron chi connectivity index (χ3n) is 5.05. The second-order valence-electron chi connectivity index (χ2n) is 7.28. The van der Waals surface area contributed by atoms with Crippen molar-refractivity contribution in [2.75, 3.05) is 26.3 Å². The Morgan fingerprint density at radius 2 is 2.00 bits per heavy atom. The maximum Gasteiger partial charge on any atom is 0.236 e. The summed E-state index contributed by atoms with van der Waals surface area (Å²) in [4.78, 5) is 14.9. The van der Waals surface area contributed by atoms with Crippen LogP contribution in [-0.2, 0) is 9.53 Å². The SMILES string of the molecule is CC(C)(C)C1CCN(C(=O)C2(C(N)=NO)CCOCC2)C1. The number of hydrogen-bond donors (Lipinski definition) is 2. The second-order valence-corrected chi connectivity index (χ2v) is 7.28. The van der Waals surface area contributed by atoms with Crippen LogP contribution in [0.3, 0.4) is 0 Å². The third kappa shape index (κ3) is 3.00. The topological polar surface area (TPSA) is 88.2 Å². The summed E-state index contributed by atoms with van der Waals surface area (Å²) < 4.78 is 5.34. The molecule has 0 aromatic heterocycles. The van der Waals surface area contributed by atoms with Gasteiger partial charge in [0.1, 0.15) is 5.41 Å². The van der Waals surface area contributed by atoms with E-state index in [1.54, 1.807) is 0 Å². The second kappa shape index (κ2) is 5.83. The molecule has 2 saturated heterocycles.